The van der Waals surface area contributed by atoms with Gasteiger partial charge in [-0.2, -0.15) is 5.10 Å². The van der Waals surface area contributed by atoms with Crippen LogP contribution in [0.25, 0.3) is 22.4 Å². The second-order valence-corrected chi connectivity index (χ2v) is 10.8. The average Bonchev–Trinajstić information content (AvgIpc) is 3.43. The van der Waals surface area contributed by atoms with Gasteiger partial charge < -0.3 is 14.6 Å². The summed E-state index contributed by atoms with van der Waals surface area (Å²) in [5.74, 6) is 0.283. The molecule has 36 heavy (non-hydrogen) atoms. The Bertz CT molecular complexity index is 1570. The van der Waals surface area contributed by atoms with Gasteiger partial charge in [0.05, 0.1) is 22.8 Å². The van der Waals surface area contributed by atoms with Gasteiger partial charge in [0.15, 0.2) is 5.52 Å². The molecule has 1 aliphatic heterocycles. The van der Waals surface area contributed by atoms with Crippen molar-refractivity contribution in [3.63, 3.8) is 0 Å². The van der Waals surface area contributed by atoms with Crippen molar-refractivity contribution in [1.82, 2.24) is 29.4 Å². The van der Waals surface area contributed by atoms with Crippen molar-refractivity contribution in [1.29, 1.82) is 0 Å². The number of fused-ring (bicyclic) bond motifs is 1. The SMILES string of the molecule is [2H]C([2H])([2H])C([2H])([2H])Cc1nn(C)c2c(=O)[nH]c(-c3cc(S(=O)(=O)NCCC4CCCN4C)ccc3OCCC)nc12. The Morgan fingerprint density at radius 3 is 2.92 bits per heavy atom. The molecule has 11 heteroatoms. The molecule has 4 rings (SSSR count). The summed E-state index contributed by atoms with van der Waals surface area (Å²) in [5, 5.41) is 4.19. The Labute approximate surface area is 219 Å². The number of aromatic nitrogens is 4. The molecule has 2 aromatic heterocycles. The molecule has 0 bridgehead atoms. The number of aromatic amines is 1. The molecule has 3 heterocycles. The fourth-order valence-corrected chi connectivity index (χ4v) is 5.64. The van der Waals surface area contributed by atoms with Crippen molar-refractivity contribution >= 4 is 21.1 Å². The molecule has 3 aromatic rings. The van der Waals surface area contributed by atoms with Crippen LogP contribution >= 0.6 is 0 Å². The fraction of sp³-hybridized carbons (Fsp3) is 0.560. The average molecular weight is 522 g/mol. The lowest BCUT2D eigenvalue weighted by Crippen LogP contribution is -2.31. The van der Waals surface area contributed by atoms with E-state index in [1.54, 1.807) is 0 Å². The summed E-state index contributed by atoms with van der Waals surface area (Å²) < 4.78 is 74.9. The summed E-state index contributed by atoms with van der Waals surface area (Å²) in [6, 6.07) is 4.63. The number of nitrogens with one attached hydrogen (secondary N) is 2. The van der Waals surface area contributed by atoms with Crippen molar-refractivity contribution < 1.29 is 20.0 Å². The molecule has 0 radical (unpaired) electrons. The molecule has 2 N–H and O–H groups in total. The van der Waals surface area contributed by atoms with E-state index in [1.807, 2.05) is 14.0 Å². The highest BCUT2D eigenvalue weighted by Gasteiger charge is 2.23. The number of H-pyrrole nitrogens is 1. The zero-order valence-corrected chi connectivity index (χ0v) is 21.6. The first-order valence-electron chi connectivity index (χ1n) is 14.6. The van der Waals surface area contributed by atoms with E-state index in [-0.39, 0.29) is 39.6 Å². The van der Waals surface area contributed by atoms with Crippen LogP contribution in [-0.2, 0) is 23.5 Å². The van der Waals surface area contributed by atoms with E-state index >= 15 is 0 Å². The zero-order valence-electron chi connectivity index (χ0n) is 25.8. The zero-order chi connectivity index (χ0) is 30.2. The molecule has 10 nitrogen and oxygen atoms in total. The van der Waals surface area contributed by atoms with E-state index in [1.165, 1.54) is 29.9 Å². The van der Waals surface area contributed by atoms with Gasteiger partial charge in [0, 0.05) is 26.5 Å². The highest BCUT2D eigenvalue weighted by molar-refractivity contribution is 7.89. The highest BCUT2D eigenvalue weighted by Crippen LogP contribution is 2.31. The number of likely N-dealkylation sites (tertiary alicyclic amines) is 1. The Hall–Kier alpha value is -2.76. The van der Waals surface area contributed by atoms with Gasteiger partial charge in [-0.15, -0.1) is 0 Å². The Morgan fingerprint density at radius 2 is 2.19 bits per heavy atom. The van der Waals surface area contributed by atoms with Crippen molar-refractivity contribution in [2.45, 2.75) is 63.2 Å². The van der Waals surface area contributed by atoms with Crippen molar-refractivity contribution in [2.24, 2.45) is 7.05 Å². The summed E-state index contributed by atoms with van der Waals surface area (Å²) in [4.78, 5) is 22.5. The number of aryl methyl sites for hydroxylation is 2. The molecular weight excluding hydrogens is 480 g/mol. The first-order chi connectivity index (χ1) is 19.1. The van der Waals surface area contributed by atoms with Crippen LogP contribution in [-0.4, -0.2) is 65.9 Å². The summed E-state index contributed by atoms with van der Waals surface area (Å²) in [5.41, 5.74) is -0.343. The lowest BCUT2D eigenvalue weighted by Gasteiger charge is -2.19. The Balaban J connectivity index is 1.74. The number of ether oxygens (including phenoxy) is 1. The lowest BCUT2D eigenvalue weighted by atomic mass is 10.1. The predicted molar refractivity (Wildman–Crippen MR) is 140 cm³/mol. The molecule has 1 aliphatic rings. The molecular formula is C25H36N6O4S. The summed E-state index contributed by atoms with van der Waals surface area (Å²) in [6.45, 7) is 0.582. The minimum atomic E-state index is -3.91. The molecule has 1 saturated heterocycles. The van der Waals surface area contributed by atoms with Crippen LogP contribution in [0.5, 0.6) is 5.75 Å². The number of sulfonamides is 1. The summed E-state index contributed by atoms with van der Waals surface area (Å²) >= 11 is 0. The van der Waals surface area contributed by atoms with Crippen LogP contribution in [0.15, 0.2) is 27.9 Å². The predicted octanol–water partition coefficient (Wildman–Crippen LogP) is 2.83. The first-order valence-corrected chi connectivity index (χ1v) is 13.6. The van der Waals surface area contributed by atoms with Crippen LogP contribution < -0.4 is 15.0 Å². The topological polar surface area (TPSA) is 122 Å². The summed E-state index contributed by atoms with van der Waals surface area (Å²) in [7, 11) is -0.399. The quantitative estimate of drug-likeness (QED) is 0.398. The fourth-order valence-electron chi connectivity index (χ4n) is 4.56. The molecule has 196 valence electrons. The standard InChI is InChI=1S/C25H36N6O4S/c1-5-8-20-22-23(31(4)29-20)25(32)28-24(27-22)19-16-18(10-11-21(19)35-15-6-2)36(33,34)26-13-12-17-9-7-14-30(17)3/h10-11,16-17,26H,5-9,12-15H2,1-4H3,(H,27,28,32)/i1D3,5D2. The van der Waals surface area contributed by atoms with Gasteiger partial charge in [-0.25, -0.2) is 18.1 Å². The number of benzene rings is 1. The minimum Gasteiger partial charge on any atom is -0.493 e. The second-order valence-electron chi connectivity index (χ2n) is 9.01. The van der Waals surface area contributed by atoms with E-state index in [0.717, 1.165) is 19.4 Å². The van der Waals surface area contributed by atoms with E-state index in [4.69, 9.17) is 11.6 Å². The number of hydrogen-bond donors (Lipinski definition) is 2. The van der Waals surface area contributed by atoms with Crippen molar-refractivity contribution in [2.75, 3.05) is 26.7 Å². The molecule has 0 aliphatic carbocycles. The maximum Gasteiger partial charge on any atom is 0.277 e. The van der Waals surface area contributed by atoms with Gasteiger partial charge in [-0.3, -0.25) is 9.48 Å². The maximum atomic E-state index is 13.2. The highest BCUT2D eigenvalue weighted by atomic mass is 32.2. The molecule has 1 fully saturated rings. The Morgan fingerprint density at radius 1 is 1.36 bits per heavy atom. The van der Waals surface area contributed by atoms with Gasteiger partial charge >= 0.3 is 0 Å². The van der Waals surface area contributed by atoms with E-state index in [2.05, 4.69) is 24.7 Å². The number of rotatable bonds is 11. The second kappa shape index (κ2) is 11.1. The van der Waals surface area contributed by atoms with Crippen LogP contribution in [0.3, 0.4) is 0 Å². The number of hydrogen-bond acceptors (Lipinski definition) is 7. The molecule has 1 aromatic carbocycles. The van der Waals surface area contributed by atoms with E-state index in [0.29, 0.717) is 31.2 Å². The third-order valence-electron chi connectivity index (χ3n) is 6.44. The van der Waals surface area contributed by atoms with Crippen LogP contribution in [0.2, 0.25) is 0 Å². The van der Waals surface area contributed by atoms with Crippen molar-refractivity contribution in [3.8, 4) is 17.1 Å². The van der Waals surface area contributed by atoms with Crippen LogP contribution in [0.1, 0.15) is 58.4 Å². The van der Waals surface area contributed by atoms with Gasteiger partial charge in [-0.1, -0.05) is 20.1 Å². The third kappa shape index (κ3) is 5.47. The largest absolute Gasteiger partial charge is 0.493 e. The monoisotopic (exact) mass is 521 g/mol. The molecule has 0 spiro atoms. The van der Waals surface area contributed by atoms with Crippen LogP contribution in [0.4, 0.5) is 0 Å². The van der Waals surface area contributed by atoms with Gasteiger partial charge in [0.1, 0.15) is 17.1 Å². The van der Waals surface area contributed by atoms with E-state index in [9.17, 15) is 13.2 Å². The molecule has 1 unspecified atom stereocenters. The minimum absolute atomic E-state index is 0.00525. The Kier molecular flexibility index (Phi) is 6.26. The first kappa shape index (κ1) is 20.3. The van der Waals surface area contributed by atoms with Gasteiger partial charge in [-0.05, 0) is 63.9 Å². The van der Waals surface area contributed by atoms with E-state index < -0.39 is 35.2 Å². The summed E-state index contributed by atoms with van der Waals surface area (Å²) in [6.07, 6.45) is 0.241. The molecule has 0 saturated carbocycles. The smallest absolute Gasteiger partial charge is 0.277 e. The molecule has 0 amide bonds. The van der Waals surface area contributed by atoms with Crippen molar-refractivity contribution in [3.05, 3.63) is 34.2 Å². The van der Waals surface area contributed by atoms with Gasteiger partial charge in [0.25, 0.3) is 5.56 Å². The normalized spacial score (nSPS) is 19.5. The molecule has 1 atom stereocenters. The number of nitrogens with zero attached hydrogens (tertiary/aromatic N) is 4. The maximum absolute atomic E-state index is 13.2. The van der Waals surface area contributed by atoms with Gasteiger partial charge in [0.2, 0.25) is 10.0 Å². The lowest BCUT2D eigenvalue weighted by molar-refractivity contribution is 0.297. The third-order valence-corrected chi connectivity index (χ3v) is 7.90. The van der Waals surface area contributed by atoms with Crippen LogP contribution in [0, 0.1) is 0 Å².